The van der Waals surface area contributed by atoms with Crippen molar-refractivity contribution in [2.75, 3.05) is 11.9 Å². The first-order chi connectivity index (χ1) is 9.19. The molecule has 2 N–H and O–H groups in total. The number of hydrogen-bond donors (Lipinski definition) is 2. The number of nitrogens with zero attached hydrogens (tertiary/aromatic N) is 2. The highest BCUT2D eigenvalue weighted by Crippen LogP contribution is 2.29. The van der Waals surface area contributed by atoms with Crippen LogP contribution in [0.2, 0.25) is 0 Å². The van der Waals surface area contributed by atoms with Crippen LogP contribution in [0.3, 0.4) is 0 Å². The Morgan fingerprint density at radius 3 is 3.00 bits per heavy atom. The normalized spacial score (nSPS) is 16.1. The van der Waals surface area contributed by atoms with Crippen LogP contribution in [0.15, 0.2) is 4.34 Å². The number of carbonyl (C=O) groups is 1. The lowest BCUT2D eigenvalue weighted by Gasteiger charge is -2.08. The van der Waals surface area contributed by atoms with E-state index in [1.807, 2.05) is 6.92 Å². The van der Waals surface area contributed by atoms with Gasteiger partial charge in [0.15, 0.2) is 4.34 Å². The van der Waals surface area contributed by atoms with Crippen LogP contribution in [0.25, 0.3) is 0 Å². The van der Waals surface area contributed by atoms with E-state index < -0.39 is 0 Å². The largest absolute Gasteiger partial charge is 0.360 e. The summed E-state index contributed by atoms with van der Waals surface area (Å²) >= 11 is 2.99. The Kier molecular flexibility index (Phi) is 5.45. The van der Waals surface area contributed by atoms with Gasteiger partial charge in [-0.1, -0.05) is 36.4 Å². The van der Waals surface area contributed by atoms with Gasteiger partial charge in [0.05, 0.1) is 5.25 Å². The summed E-state index contributed by atoms with van der Waals surface area (Å²) < 4.78 is 0.845. The van der Waals surface area contributed by atoms with E-state index in [1.165, 1.54) is 23.1 Å². The van der Waals surface area contributed by atoms with Gasteiger partial charge in [-0.3, -0.25) is 4.79 Å². The van der Waals surface area contributed by atoms with Gasteiger partial charge in [-0.25, -0.2) is 0 Å². The van der Waals surface area contributed by atoms with Crippen molar-refractivity contribution in [1.29, 1.82) is 0 Å². The summed E-state index contributed by atoms with van der Waals surface area (Å²) in [7, 11) is 0. The van der Waals surface area contributed by atoms with E-state index >= 15 is 0 Å². The molecule has 1 atom stereocenters. The lowest BCUT2D eigenvalue weighted by Crippen LogP contribution is -2.32. The molecule has 1 heterocycles. The molecule has 1 unspecified atom stereocenters. The molecule has 5 nitrogen and oxygen atoms in total. The van der Waals surface area contributed by atoms with Crippen LogP contribution >= 0.6 is 23.1 Å². The minimum atomic E-state index is -0.114. The second-order valence-corrected chi connectivity index (χ2v) is 7.26. The number of unbranched alkanes of at least 4 members (excludes halogenated alkanes) is 1. The Morgan fingerprint density at radius 2 is 2.32 bits per heavy atom. The van der Waals surface area contributed by atoms with Crippen molar-refractivity contribution < 1.29 is 4.79 Å². The molecule has 1 amide bonds. The van der Waals surface area contributed by atoms with Crippen molar-refractivity contribution in [3.63, 3.8) is 0 Å². The van der Waals surface area contributed by atoms with Crippen LogP contribution in [0, 0.1) is 0 Å². The van der Waals surface area contributed by atoms with Crippen molar-refractivity contribution in [2.45, 2.75) is 55.2 Å². The number of hydrogen-bond acceptors (Lipinski definition) is 6. The highest BCUT2D eigenvalue weighted by Gasteiger charge is 2.26. The van der Waals surface area contributed by atoms with Crippen LogP contribution in [0.4, 0.5) is 5.13 Å². The van der Waals surface area contributed by atoms with Crippen molar-refractivity contribution in [1.82, 2.24) is 15.5 Å². The Labute approximate surface area is 122 Å². The third-order valence-corrected chi connectivity index (χ3v) is 4.85. The maximum absolute atomic E-state index is 11.8. The number of anilines is 1. The number of aromatic nitrogens is 2. The number of rotatable bonds is 8. The molecule has 0 radical (unpaired) electrons. The second-order valence-electron chi connectivity index (χ2n) is 4.70. The maximum Gasteiger partial charge on any atom is 0.233 e. The minimum Gasteiger partial charge on any atom is -0.360 e. The summed E-state index contributed by atoms with van der Waals surface area (Å²) in [6.45, 7) is 4.99. The van der Waals surface area contributed by atoms with Gasteiger partial charge in [0.2, 0.25) is 11.0 Å². The Hall–Kier alpha value is -0.820. The lowest BCUT2D eigenvalue weighted by atomic mass is 10.3. The van der Waals surface area contributed by atoms with Crippen LogP contribution in [0.1, 0.15) is 39.5 Å². The quantitative estimate of drug-likeness (QED) is 0.570. The van der Waals surface area contributed by atoms with E-state index in [9.17, 15) is 4.79 Å². The van der Waals surface area contributed by atoms with Gasteiger partial charge in [0.25, 0.3) is 0 Å². The molecule has 0 bridgehead atoms. The highest BCUT2D eigenvalue weighted by atomic mass is 32.2. The Morgan fingerprint density at radius 1 is 1.53 bits per heavy atom. The van der Waals surface area contributed by atoms with Gasteiger partial charge in [0.1, 0.15) is 0 Å². The zero-order valence-electron chi connectivity index (χ0n) is 11.3. The molecule has 1 aromatic heterocycles. The highest BCUT2D eigenvalue weighted by molar-refractivity contribution is 8.02. The van der Waals surface area contributed by atoms with Crippen molar-refractivity contribution in [3.8, 4) is 0 Å². The fraction of sp³-hybridized carbons (Fsp3) is 0.750. The molecule has 1 aromatic rings. The third kappa shape index (κ3) is 4.99. The van der Waals surface area contributed by atoms with Gasteiger partial charge in [-0.15, -0.1) is 10.2 Å². The van der Waals surface area contributed by atoms with Gasteiger partial charge < -0.3 is 10.6 Å². The maximum atomic E-state index is 11.8. The molecule has 0 aliphatic heterocycles. The van der Waals surface area contributed by atoms with Crippen molar-refractivity contribution in [3.05, 3.63) is 0 Å². The molecule has 0 spiro atoms. The number of carbonyl (C=O) groups excluding carboxylic acids is 1. The zero-order valence-corrected chi connectivity index (χ0v) is 12.9. The second kappa shape index (κ2) is 7.09. The smallest absolute Gasteiger partial charge is 0.233 e. The number of thioether (sulfide) groups is 1. The summed E-state index contributed by atoms with van der Waals surface area (Å²) in [6, 6.07) is 0.413. The van der Waals surface area contributed by atoms with Gasteiger partial charge in [-0.2, -0.15) is 0 Å². The number of nitrogens with one attached hydrogen (secondary N) is 2. The fourth-order valence-electron chi connectivity index (χ4n) is 1.45. The molecular weight excluding hydrogens is 280 g/mol. The lowest BCUT2D eigenvalue weighted by molar-refractivity contribution is -0.120. The molecule has 1 saturated carbocycles. The van der Waals surface area contributed by atoms with Crippen LogP contribution in [-0.4, -0.2) is 33.9 Å². The molecule has 106 valence electrons. The molecule has 0 saturated heterocycles. The van der Waals surface area contributed by atoms with E-state index in [0.29, 0.717) is 6.04 Å². The molecule has 7 heteroatoms. The third-order valence-electron chi connectivity index (χ3n) is 2.78. The fourth-order valence-corrected chi connectivity index (χ4v) is 3.38. The average Bonchev–Trinajstić information content (AvgIpc) is 3.09. The van der Waals surface area contributed by atoms with Crippen LogP contribution in [-0.2, 0) is 4.79 Å². The minimum absolute atomic E-state index is 0.100. The number of amides is 1. The topological polar surface area (TPSA) is 66.9 Å². The molecule has 1 aliphatic carbocycles. The van der Waals surface area contributed by atoms with E-state index in [-0.39, 0.29) is 11.2 Å². The molecule has 0 aromatic carbocycles. The first-order valence-corrected chi connectivity index (χ1v) is 8.43. The monoisotopic (exact) mass is 300 g/mol. The molecule has 19 heavy (non-hydrogen) atoms. The average molecular weight is 300 g/mol. The van der Waals surface area contributed by atoms with Crippen molar-refractivity contribution in [2.24, 2.45) is 0 Å². The van der Waals surface area contributed by atoms with E-state index in [2.05, 4.69) is 27.8 Å². The molecule has 2 rings (SSSR count). The molecule has 1 fully saturated rings. The van der Waals surface area contributed by atoms with E-state index in [4.69, 9.17) is 0 Å². The van der Waals surface area contributed by atoms with Gasteiger partial charge in [-0.05, 0) is 26.2 Å². The zero-order chi connectivity index (χ0) is 13.7. The van der Waals surface area contributed by atoms with E-state index in [0.717, 1.165) is 41.7 Å². The molecule has 1 aliphatic rings. The first-order valence-electron chi connectivity index (χ1n) is 6.73. The first kappa shape index (κ1) is 14.6. The summed E-state index contributed by atoms with van der Waals surface area (Å²) in [5.74, 6) is 0.100. The predicted octanol–water partition coefficient (Wildman–Crippen LogP) is 2.51. The summed E-state index contributed by atoms with van der Waals surface area (Å²) in [5, 5.41) is 15.1. The predicted molar refractivity (Wildman–Crippen MR) is 79.8 cm³/mol. The Balaban J connectivity index is 1.76. The van der Waals surface area contributed by atoms with Crippen molar-refractivity contribution >= 4 is 34.1 Å². The van der Waals surface area contributed by atoms with Crippen LogP contribution in [0.5, 0.6) is 0 Å². The van der Waals surface area contributed by atoms with Crippen LogP contribution < -0.4 is 10.6 Å². The van der Waals surface area contributed by atoms with Gasteiger partial charge >= 0.3 is 0 Å². The Bertz CT molecular complexity index is 420. The summed E-state index contributed by atoms with van der Waals surface area (Å²) in [4.78, 5) is 11.8. The SMILES string of the molecule is CCCCNc1nnc(SC(C)C(=O)NC2CC2)s1. The van der Waals surface area contributed by atoms with Gasteiger partial charge in [0, 0.05) is 12.6 Å². The standard InChI is InChI=1S/C12H20N4OS2/c1-3-4-7-13-11-15-16-12(19-11)18-8(2)10(17)14-9-5-6-9/h8-9H,3-7H2,1-2H3,(H,13,15)(H,14,17). The summed E-state index contributed by atoms with van der Waals surface area (Å²) in [6.07, 6.45) is 4.52. The summed E-state index contributed by atoms with van der Waals surface area (Å²) in [5.41, 5.74) is 0. The molecular formula is C12H20N4OS2. The van der Waals surface area contributed by atoms with E-state index in [1.54, 1.807) is 0 Å².